The van der Waals surface area contributed by atoms with Crippen molar-refractivity contribution in [1.82, 2.24) is 19.6 Å². The van der Waals surface area contributed by atoms with Crippen LogP contribution in [-0.4, -0.2) is 65.0 Å². The van der Waals surface area contributed by atoms with Gasteiger partial charge in [-0.15, -0.1) is 0 Å². The van der Waals surface area contributed by atoms with Crippen LogP contribution in [0.2, 0.25) is 5.02 Å². The lowest BCUT2D eigenvalue weighted by molar-refractivity contribution is -0.0370. The third kappa shape index (κ3) is 3.15. The summed E-state index contributed by atoms with van der Waals surface area (Å²) in [5, 5.41) is 5.21. The lowest BCUT2D eigenvalue weighted by Gasteiger charge is -2.33. The Hall–Kier alpha value is -1.40. The van der Waals surface area contributed by atoms with Crippen LogP contribution in [0.3, 0.4) is 0 Å². The number of likely N-dealkylation sites (N-methyl/N-ethyl adjacent to an activating group) is 1. The summed E-state index contributed by atoms with van der Waals surface area (Å²) >= 11 is 5.94. The van der Waals surface area contributed by atoms with Crippen LogP contribution >= 0.6 is 11.6 Å². The second kappa shape index (κ2) is 6.24. The Morgan fingerprint density at radius 1 is 1.26 bits per heavy atom. The number of fused-ring (bicyclic) bond motifs is 1. The van der Waals surface area contributed by atoms with Gasteiger partial charge in [-0.1, -0.05) is 11.6 Å². The van der Waals surface area contributed by atoms with E-state index in [0.29, 0.717) is 12.1 Å². The second-order valence-electron chi connectivity index (χ2n) is 6.42. The molecule has 3 heterocycles. The molecule has 0 bridgehead atoms. The number of hydrogen-bond acceptors (Lipinski definition) is 4. The van der Waals surface area contributed by atoms with E-state index in [1.807, 2.05) is 35.1 Å². The molecule has 2 fully saturated rings. The Bertz CT molecular complexity index is 671. The first-order valence-corrected chi connectivity index (χ1v) is 8.40. The molecule has 6 heteroatoms. The third-order valence-electron chi connectivity index (χ3n) is 4.79. The SMILES string of the molecule is CN1CCO[C@H]2CN(Cc3cnn(-c4ccc(Cl)cc4)c3)C[C@@H]21. The Labute approximate surface area is 141 Å². The minimum Gasteiger partial charge on any atom is -0.374 e. The molecule has 122 valence electrons. The number of aromatic nitrogens is 2. The topological polar surface area (TPSA) is 33.5 Å². The maximum absolute atomic E-state index is 5.94. The zero-order chi connectivity index (χ0) is 15.8. The van der Waals surface area contributed by atoms with Gasteiger partial charge in [0.15, 0.2) is 0 Å². The van der Waals surface area contributed by atoms with Gasteiger partial charge in [-0.3, -0.25) is 9.80 Å². The number of morpholine rings is 1. The van der Waals surface area contributed by atoms with E-state index in [2.05, 4.69) is 28.1 Å². The van der Waals surface area contributed by atoms with E-state index >= 15 is 0 Å². The highest BCUT2D eigenvalue weighted by Crippen LogP contribution is 2.23. The monoisotopic (exact) mass is 332 g/mol. The quantitative estimate of drug-likeness (QED) is 0.861. The highest BCUT2D eigenvalue weighted by atomic mass is 35.5. The summed E-state index contributed by atoms with van der Waals surface area (Å²) in [6.45, 7) is 4.86. The Kier molecular flexibility index (Phi) is 4.11. The molecule has 2 atom stereocenters. The summed E-state index contributed by atoms with van der Waals surface area (Å²) in [5.74, 6) is 0. The van der Waals surface area contributed by atoms with Crippen molar-refractivity contribution in [3.63, 3.8) is 0 Å². The van der Waals surface area contributed by atoms with Gasteiger partial charge in [0.25, 0.3) is 0 Å². The fourth-order valence-electron chi connectivity index (χ4n) is 3.50. The minimum atomic E-state index is 0.347. The molecule has 0 unspecified atom stereocenters. The van der Waals surface area contributed by atoms with Crippen LogP contribution in [0.15, 0.2) is 36.7 Å². The highest BCUT2D eigenvalue weighted by Gasteiger charge is 2.38. The largest absolute Gasteiger partial charge is 0.374 e. The Morgan fingerprint density at radius 2 is 2.09 bits per heavy atom. The molecule has 0 aliphatic carbocycles. The van der Waals surface area contributed by atoms with Crippen LogP contribution in [-0.2, 0) is 11.3 Å². The maximum atomic E-state index is 5.94. The van der Waals surface area contributed by atoms with Gasteiger partial charge in [0.2, 0.25) is 0 Å². The van der Waals surface area contributed by atoms with Crippen molar-refractivity contribution in [2.45, 2.75) is 18.7 Å². The van der Waals surface area contributed by atoms with Crippen molar-refractivity contribution >= 4 is 11.6 Å². The molecular weight excluding hydrogens is 312 g/mol. The van der Waals surface area contributed by atoms with Crippen LogP contribution in [0.4, 0.5) is 0 Å². The molecule has 23 heavy (non-hydrogen) atoms. The van der Waals surface area contributed by atoms with Gasteiger partial charge in [0.1, 0.15) is 0 Å². The molecule has 0 spiro atoms. The van der Waals surface area contributed by atoms with Gasteiger partial charge in [-0.2, -0.15) is 5.10 Å². The third-order valence-corrected chi connectivity index (χ3v) is 5.04. The van der Waals surface area contributed by atoms with Crippen molar-refractivity contribution in [3.05, 3.63) is 47.2 Å². The Balaban J connectivity index is 1.43. The fourth-order valence-corrected chi connectivity index (χ4v) is 3.62. The molecule has 2 aliphatic rings. The summed E-state index contributed by atoms with van der Waals surface area (Å²) < 4.78 is 7.81. The van der Waals surface area contributed by atoms with E-state index in [0.717, 1.165) is 43.5 Å². The van der Waals surface area contributed by atoms with Crippen molar-refractivity contribution < 1.29 is 4.74 Å². The van der Waals surface area contributed by atoms with E-state index in [4.69, 9.17) is 16.3 Å². The first-order chi connectivity index (χ1) is 11.2. The molecule has 0 N–H and O–H groups in total. The number of rotatable bonds is 3. The predicted molar refractivity (Wildman–Crippen MR) is 90.0 cm³/mol. The van der Waals surface area contributed by atoms with Crippen LogP contribution in [0, 0.1) is 0 Å². The normalized spacial score (nSPS) is 25.7. The number of ether oxygens (including phenoxy) is 1. The lowest BCUT2D eigenvalue weighted by Crippen LogP contribution is -2.48. The van der Waals surface area contributed by atoms with E-state index < -0.39 is 0 Å². The molecular formula is C17H21ClN4O. The summed E-state index contributed by atoms with van der Waals surface area (Å²) in [6.07, 6.45) is 4.39. The Morgan fingerprint density at radius 3 is 2.87 bits per heavy atom. The maximum Gasteiger partial charge on any atom is 0.0869 e. The van der Waals surface area contributed by atoms with Crippen LogP contribution < -0.4 is 0 Å². The van der Waals surface area contributed by atoms with Gasteiger partial charge >= 0.3 is 0 Å². The summed E-state index contributed by atoms with van der Waals surface area (Å²) in [4.78, 5) is 4.88. The zero-order valence-electron chi connectivity index (χ0n) is 13.2. The molecule has 5 nitrogen and oxygen atoms in total. The molecule has 2 saturated heterocycles. The van der Waals surface area contributed by atoms with Gasteiger partial charge in [-0.05, 0) is 31.3 Å². The number of hydrogen-bond donors (Lipinski definition) is 0. The summed E-state index contributed by atoms with van der Waals surface area (Å²) in [6, 6.07) is 8.25. The molecule has 1 aromatic heterocycles. The fraction of sp³-hybridized carbons (Fsp3) is 0.471. The smallest absolute Gasteiger partial charge is 0.0869 e. The number of nitrogens with zero attached hydrogens (tertiary/aromatic N) is 4. The molecule has 2 aromatic rings. The summed E-state index contributed by atoms with van der Waals surface area (Å²) in [5.41, 5.74) is 2.25. The van der Waals surface area contributed by atoms with Crippen LogP contribution in [0.5, 0.6) is 0 Å². The van der Waals surface area contributed by atoms with E-state index in [-0.39, 0.29) is 0 Å². The average Bonchev–Trinajstić information content (AvgIpc) is 3.16. The highest BCUT2D eigenvalue weighted by molar-refractivity contribution is 6.30. The first kappa shape index (κ1) is 15.1. The second-order valence-corrected chi connectivity index (χ2v) is 6.86. The standard InChI is InChI=1S/C17H21ClN4O/c1-20-6-7-23-17-12-21(11-16(17)20)9-13-8-19-22(10-13)15-4-2-14(18)3-5-15/h2-5,8,10,16-17H,6-7,9,11-12H2,1H3/t16-,17-/m0/s1. The van der Waals surface area contributed by atoms with Crippen LogP contribution in [0.1, 0.15) is 5.56 Å². The van der Waals surface area contributed by atoms with Crippen molar-refractivity contribution in [2.75, 3.05) is 33.3 Å². The summed E-state index contributed by atoms with van der Waals surface area (Å²) in [7, 11) is 2.20. The van der Waals surface area contributed by atoms with Gasteiger partial charge < -0.3 is 4.74 Å². The minimum absolute atomic E-state index is 0.347. The number of likely N-dealkylation sites (tertiary alicyclic amines) is 1. The first-order valence-electron chi connectivity index (χ1n) is 8.03. The van der Waals surface area contributed by atoms with Crippen LogP contribution in [0.25, 0.3) is 5.69 Å². The van der Waals surface area contributed by atoms with Gasteiger partial charge in [0.05, 0.1) is 24.6 Å². The van der Waals surface area contributed by atoms with E-state index in [1.54, 1.807) is 0 Å². The molecule has 1 aromatic carbocycles. The van der Waals surface area contributed by atoms with E-state index in [1.165, 1.54) is 5.56 Å². The lowest BCUT2D eigenvalue weighted by atomic mass is 10.1. The predicted octanol–water partition coefficient (Wildman–Crippen LogP) is 2.04. The van der Waals surface area contributed by atoms with Gasteiger partial charge in [-0.25, -0.2) is 4.68 Å². The molecule has 0 amide bonds. The number of benzene rings is 1. The zero-order valence-corrected chi connectivity index (χ0v) is 14.0. The molecule has 4 rings (SSSR count). The van der Waals surface area contributed by atoms with Gasteiger partial charge in [0, 0.05) is 49.0 Å². The molecule has 2 aliphatic heterocycles. The molecule has 0 radical (unpaired) electrons. The van der Waals surface area contributed by atoms with E-state index in [9.17, 15) is 0 Å². The van der Waals surface area contributed by atoms with Crippen molar-refractivity contribution in [2.24, 2.45) is 0 Å². The van der Waals surface area contributed by atoms with Crippen molar-refractivity contribution in [1.29, 1.82) is 0 Å². The average molecular weight is 333 g/mol. The number of halogens is 1. The van der Waals surface area contributed by atoms with Crippen molar-refractivity contribution in [3.8, 4) is 5.69 Å². The molecule has 0 saturated carbocycles.